The first-order valence-electron chi connectivity index (χ1n) is 7.18. The maximum Gasteiger partial charge on any atom is 0.337 e. The summed E-state index contributed by atoms with van der Waals surface area (Å²) in [6, 6.07) is 7.42. The van der Waals surface area contributed by atoms with E-state index >= 15 is 0 Å². The lowest BCUT2D eigenvalue weighted by molar-refractivity contribution is 0.0600. The van der Waals surface area contributed by atoms with E-state index in [1.165, 1.54) is 20.0 Å². The van der Waals surface area contributed by atoms with E-state index in [0.717, 1.165) is 31.5 Å². The molecule has 0 radical (unpaired) electrons. The second kappa shape index (κ2) is 6.86. The number of hydrogen-bond donors (Lipinski definition) is 2. The van der Waals surface area contributed by atoms with Gasteiger partial charge in [-0.25, -0.2) is 4.79 Å². The molecule has 20 heavy (non-hydrogen) atoms. The molecule has 2 rings (SSSR count). The maximum atomic E-state index is 11.3. The van der Waals surface area contributed by atoms with Gasteiger partial charge in [-0.1, -0.05) is 25.0 Å². The van der Waals surface area contributed by atoms with E-state index in [4.69, 9.17) is 0 Å². The molecule has 0 saturated heterocycles. The molecule has 0 amide bonds. The highest BCUT2D eigenvalue weighted by molar-refractivity contribution is 5.89. The van der Waals surface area contributed by atoms with Crippen molar-refractivity contribution in [2.45, 2.75) is 32.2 Å². The maximum absolute atomic E-state index is 11.3. The molecule has 1 aliphatic carbocycles. The van der Waals surface area contributed by atoms with E-state index in [9.17, 15) is 9.90 Å². The average Bonchev–Trinajstić information content (AvgIpc) is 2.96. The summed E-state index contributed by atoms with van der Waals surface area (Å²) in [6.07, 6.45) is 4.65. The highest BCUT2D eigenvalue weighted by atomic mass is 16.5. The summed E-state index contributed by atoms with van der Waals surface area (Å²) in [5, 5.41) is 13.0. The van der Waals surface area contributed by atoms with Crippen molar-refractivity contribution in [2.75, 3.05) is 20.3 Å². The zero-order valence-electron chi connectivity index (χ0n) is 12.0. The van der Waals surface area contributed by atoms with Crippen molar-refractivity contribution >= 4 is 5.97 Å². The zero-order chi connectivity index (χ0) is 14.4. The molecular formula is C16H23NO3. The van der Waals surface area contributed by atoms with E-state index in [1.807, 2.05) is 12.1 Å². The molecule has 0 spiro atoms. The first-order valence-corrected chi connectivity index (χ1v) is 7.18. The molecule has 1 aliphatic rings. The third-order valence-electron chi connectivity index (χ3n) is 4.20. The number of methoxy groups -OCH3 is 1. The summed E-state index contributed by atoms with van der Waals surface area (Å²) >= 11 is 0. The Labute approximate surface area is 120 Å². The number of aliphatic hydroxyl groups excluding tert-OH is 1. The predicted molar refractivity (Wildman–Crippen MR) is 77.5 cm³/mol. The highest BCUT2D eigenvalue weighted by Gasteiger charge is 2.32. The highest BCUT2D eigenvalue weighted by Crippen LogP contribution is 2.36. The van der Waals surface area contributed by atoms with Crippen molar-refractivity contribution in [3.8, 4) is 0 Å². The van der Waals surface area contributed by atoms with Crippen molar-refractivity contribution in [3.05, 3.63) is 35.4 Å². The number of rotatable bonds is 6. The summed E-state index contributed by atoms with van der Waals surface area (Å²) < 4.78 is 4.67. The van der Waals surface area contributed by atoms with Crippen molar-refractivity contribution in [3.63, 3.8) is 0 Å². The summed E-state index contributed by atoms with van der Waals surface area (Å²) in [4.78, 5) is 11.3. The third kappa shape index (κ3) is 3.58. The number of aliphatic hydroxyl groups is 1. The van der Waals surface area contributed by atoms with E-state index < -0.39 is 0 Å². The van der Waals surface area contributed by atoms with Gasteiger partial charge in [0.05, 0.1) is 12.7 Å². The van der Waals surface area contributed by atoms with E-state index in [0.29, 0.717) is 5.56 Å². The molecule has 1 aromatic rings. The lowest BCUT2D eigenvalue weighted by atomic mass is 9.87. The number of hydrogen-bond acceptors (Lipinski definition) is 4. The molecule has 0 heterocycles. The van der Waals surface area contributed by atoms with Crippen LogP contribution in [-0.4, -0.2) is 31.3 Å². The Balaban J connectivity index is 1.83. The van der Waals surface area contributed by atoms with Gasteiger partial charge in [-0.3, -0.25) is 0 Å². The van der Waals surface area contributed by atoms with Crippen LogP contribution < -0.4 is 5.32 Å². The minimum Gasteiger partial charge on any atom is -0.465 e. The van der Waals surface area contributed by atoms with E-state index in [1.54, 1.807) is 12.1 Å². The normalized spacial score (nSPS) is 17.1. The third-order valence-corrected chi connectivity index (χ3v) is 4.20. The quantitative estimate of drug-likeness (QED) is 0.782. The van der Waals surface area contributed by atoms with E-state index in [2.05, 4.69) is 10.1 Å². The number of benzene rings is 1. The zero-order valence-corrected chi connectivity index (χ0v) is 12.0. The van der Waals surface area contributed by atoms with Crippen LogP contribution in [0, 0.1) is 5.41 Å². The average molecular weight is 277 g/mol. The van der Waals surface area contributed by atoms with Gasteiger partial charge >= 0.3 is 5.97 Å². The molecule has 0 unspecified atom stereocenters. The monoisotopic (exact) mass is 277 g/mol. The molecule has 0 aliphatic heterocycles. The molecule has 4 heteroatoms. The lowest BCUT2D eigenvalue weighted by Crippen LogP contribution is -2.34. The first-order chi connectivity index (χ1) is 9.69. The molecule has 110 valence electrons. The van der Waals surface area contributed by atoms with Crippen LogP contribution in [0.1, 0.15) is 41.6 Å². The Morgan fingerprint density at radius 1 is 1.30 bits per heavy atom. The fourth-order valence-corrected chi connectivity index (χ4v) is 2.86. The largest absolute Gasteiger partial charge is 0.465 e. The summed E-state index contributed by atoms with van der Waals surface area (Å²) in [6.45, 7) is 1.87. The van der Waals surface area contributed by atoms with Crippen LogP contribution in [-0.2, 0) is 11.3 Å². The van der Waals surface area contributed by atoms with E-state index in [-0.39, 0.29) is 18.0 Å². The Bertz CT molecular complexity index is 436. The van der Waals surface area contributed by atoms with Gasteiger partial charge in [-0.2, -0.15) is 0 Å². The Morgan fingerprint density at radius 2 is 1.95 bits per heavy atom. The topological polar surface area (TPSA) is 58.6 Å². The van der Waals surface area contributed by atoms with Crippen molar-refractivity contribution in [2.24, 2.45) is 5.41 Å². The number of carbonyl (C=O) groups is 1. The van der Waals surface area contributed by atoms with Crippen LogP contribution in [0.2, 0.25) is 0 Å². The number of ether oxygens (including phenoxy) is 1. The van der Waals surface area contributed by atoms with Crippen molar-refractivity contribution in [1.29, 1.82) is 0 Å². The first kappa shape index (κ1) is 15.0. The van der Waals surface area contributed by atoms with Gasteiger partial charge in [-0.05, 0) is 30.5 Å². The molecule has 0 aromatic heterocycles. The minimum atomic E-state index is -0.310. The molecule has 4 nitrogen and oxygen atoms in total. The minimum absolute atomic E-state index is 0.0754. The van der Waals surface area contributed by atoms with Crippen LogP contribution in [0.5, 0.6) is 0 Å². The Morgan fingerprint density at radius 3 is 2.50 bits per heavy atom. The van der Waals surface area contributed by atoms with Gasteiger partial charge in [-0.15, -0.1) is 0 Å². The molecule has 1 aromatic carbocycles. The van der Waals surface area contributed by atoms with Gasteiger partial charge in [0.1, 0.15) is 0 Å². The van der Waals surface area contributed by atoms with Gasteiger partial charge < -0.3 is 15.2 Å². The summed E-state index contributed by atoms with van der Waals surface area (Å²) in [5.74, 6) is -0.310. The fourth-order valence-electron chi connectivity index (χ4n) is 2.86. The van der Waals surface area contributed by atoms with Gasteiger partial charge in [0, 0.05) is 25.1 Å². The Hall–Kier alpha value is -1.39. The number of esters is 1. The van der Waals surface area contributed by atoms with Crippen LogP contribution in [0.15, 0.2) is 24.3 Å². The molecule has 0 bridgehead atoms. The molecular weight excluding hydrogens is 254 g/mol. The van der Waals surface area contributed by atoms with Crippen LogP contribution in [0.25, 0.3) is 0 Å². The van der Waals surface area contributed by atoms with Gasteiger partial charge in [0.15, 0.2) is 0 Å². The standard InChI is InChI=1S/C16H23NO3/c1-20-15(19)14-6-4-13(5-7-14)10-17-11-16(12-18)8-2-3-9-16/h4-7,17-18H,2-3,8-12H2,1H3. The second-order valence-corrected chi connectivity index (χ2v) is 5.66. The molecule has 1 saturated carbocycles. The molecule has 2 N–H and O–H groups in total. The second-order valence-electron chi connectivity index (χ2n) is 5.66. The van der Waals surface area contributed by atoms with Gasteiger partial charge in [0.25, 0.3) is 0 Å². The fraction of sp³-hybridized carbons (Fsp3) is 0.562. The molecule has 0 atom stereocenters. The van der Waals surface area contributed by atoms with Crippen LogP contribution >= 0.6 is 0 Å². The Kier molecular flexibility index (Phi) is 5.15. The molecule has 1 fully saturated rings. The number of carbonyl (C=O) groups excluding carboxylic acids is 1. The van der Waals surface area contributed by atoms with Gasteiger partial charge in [0.2, 0.25) is 0 Å². The summed E-state index contributed by atoms with van der Waals surface area (Å²) in [5.41, 5.74) is 1.77. The summed E-state index contributed by atoms with van der Waals surface area (Å²) in [7, 11) is 1.38. The van der Waals surface area contributed by atoms with Crippen LogP contribution in [0.4, 0.5) is 0 Å². The van der Waals surface area contributed by atoms with Crippen molar-refractivity contribution in [1.82, 2.24) is 5.32 Å². The number of nitrogens with one attached hydrogen (secondary N) is 1. The smallest absolute Gasteiger partial charge is 0.337 e. The predicted octanol–water partition coefficient (Wildman–Crippen LogP) is 2.12. The van der Waals surface area contributed by atoms with Crippen LogP contribution in [0.3, 0.4) is 0 Å². The SMILES string of the molecule is COC(=O)c1ccc(CNCC2(CO)CCCC2)cc1. The lowest BCUT2D eigenvalue weighted by Gasteiger charge is -2.26. The van der Waals surface area contributed by atoms with Crippen molar-refractivity contribution < 1.29 is 14.6 Å².